The molecule has 0 aliphatic rings. The Morgan fingerprint density at radius 2 is 1.58 bits per heavy atom. The van der Waals surface area contributed by atoms with Crippen LogP contribution in [0.4, 0.5) is 5.69 Å². The number of carbonyl (C=O) groups excluding carboxylic acids is 1. The lowest BCUT2D eigenvalue weighted by Gasteiger charge is -2.22. The number of para-hydroxylation sites is 1. The molecule has 1 amide bonds. The maximum absolute atomic E-state index is 12.6. The zero-order valence-electron chi connectivity index (χ0n) is 17.8. The number of nitrogens with one attached hydrogen (secondary N) is 1. The molecule has 1 atom stereocenters. The summed E-state index contributed by atoms with van der Waals surface area (Å²) in [6.45, 7) is 2.10. The van der Waals surface area contributed by atoms with Gasteiger partial charge in [0.1, 0.15) is 5.75 Å². The maximum atomic E-state index is 12.6. The molecule has 0 bridgehead atoms. The highest BCUT2D eigenvalue weighted by Crippen LogP contribution is 2.21. The first-order chi connectivity index (χ1) is 14.8. The summed E-state index contributed by atoms with van der Waals surface area (Å²) < 4.78 is 31.0. The zero-order chi connectivity index (χ0) is 22.4. The minimum absolute atomic E-state index is 0.170. The molecule has 0 saturated heterocycles. The Morgan fingerprint density at radius 1 is 0.968 bits per heavy atom. The van der Waals surface area contributed by atoms with Crippen LogP contribution in [-0.4, -0.2) is 27.7 Å². The summed E-state index contributed by atoms with van der Waals surface area (Å²) in [6, 6.07) is 23.3. The second-order valence-corrected chi connectivity index (χ2v) is 9.18. The molecule has 0 heterocycles. The highest BCUT2D eigenvalue weighted by Gasteiger charge is 2.18. The first kappa shape index (κ1) is 22.4. The molecule has 3 aromatic rings. The SMILES string of the molecule is COc1ccc([C@@H](C)NC(=O)c2ccc(CN(c3ccccc3)S(C)(=O)=O)cc2)cc1. The topological polar surface area (TPSA) is 75.7 Å². The molecule has 0 fully saturated rings. The second-order valence-electron chi connectivity index (χ2n) is 7.27. The number of nitrogens with zero attached hydrogens (tertiary/aromatic N) is 1. The summed E-state index contributed by atoms with van der Waals surface area (Å²) in [7, 11) is -1.84. The molecule has 31 heavy (non-hydrogen) atoms. The second kappa shape index (κ2) is 9.66. The van der Waals surface area contributed by atoms with Gasteiger partial charge in [-0.1, -0.05) is 42.5 Å². The number of methoxy groups -OCH3 is 1. The molecule has 0 radical (unpaired) electrons. The van der Waals surface area contributed by atoms with Crippen LogP contribution in [0.2, 0.25) is 0 Å². The van der Waals surface area contributed by atoms with E-state index >= 15 is 0 Å². The lowest BCUT2D eigenvalue weighted by Crippen LogP contribution is -2.29. The van der Waals surface area contributed by atoms with E-state index in [4.69, 9.17) is 4.74 Å². The van der Waals surface area contributed by atoms with Crippen molar-refractivity contribution < 1.29 is 17.9 Å². The number of hydrogen-bond donors (Lipinski definition) is 1. The van der Waals surface area contributed by atoms with Gasteiger partial charge in [-0.15, -0.1) is 0 Å². The quantitative estimate of drug-likeness (QED) is 0.573. The molecule has 6 nitrogen and oxygen atoms in total. The van der Waals surface area contributed by atoms with Gasteiger partial charge in [-0.2, -0.15) is 0 Å². The first-order valence-electron chi connectivity index (χ1n) is 9.84. The summed E-state index contributed by atoms with van der Waals surface area (Å²) in [5, 5.41) is 2.97. The molecular formula is C24H26N2O4S. The van der Waals surface area contributed by atoms with Crippen LogP contribution in [0, 0.1) is 0 Å². The van der Waals surface area contributed by atoms with Crippen LogP contribution in [0.15, 0.2) is 78.9 Å². The van der Waals surface area contributed by atoms with Gasteiger partial charge in [0.25, 0.3) is 5.91 Å². The monoisotopic (exact) mass is 438 g/mol. The largest absolute Gasteiger partial charge is 0.497 e. The summed E-state index contributed by atoms with van der Waals surface area (Å²) in [6.07, 6.45) is 1.18. The number of carbonyl (C=O) groups is 1. The van der Waals surface area contributed by atoms with E-state index in [2.05, 4.69) is 5.32 Å². The number of ether oxygens (including phenoxy) is 1. The molecule has 7 heteroatoms. The van der Waals surface area contributed by atoms with E-state index in [9.17, 15) is 13.2 Å². The minimum atomic E-state index is -3.45. The Hall–Kier alpha value is -3.32. The van der Waals surface area contributed by atoms with Gasteiger partial charge in [0.2, 0.25) is 10.0 Å². The Morgan fingerprint density at radius 3 is 2.13 bits per heavy atom. The highest BCUT2D eigenvalue weighted by atomic mass is 32.2. The number of benzene rings is 3. The average Bonchev–Trinajstić information content (AvgIpc) is 2.77. The van der Waals surface area contributed by atoms with Gasteiger partial charge in [-0.3, -0.25) is 9.10 Å². The van der Waals surface area contributed by atoms with E-state index < -0.39 is 10.0 Å². The van der Waals surface area contributed by atoms with Crippen molar-refractivity contribution in [3.63, 3.8) is 0 Å². The third-order valence-electron chi connectivity index (χ3n) is 4.95. The number of amides is 1. The highest BCUT2D eigenvalue weighted by molar-refractivity contribution is 7.92. The van der Waals surface area contributed by atoms with Crippen molar-refractivity contribution in [2.75, 3.05) is 17.7 Å². The molecule has 0 aliphatic carbocycles. The van der Waals surface area contributed by atoms with Crippen LogP contribution >= 0.6 is 0 Å². The number of rotatable bonds is 8. The van der Waals surface area contributed by atoms with E-state index in [0.717, 1.165) is 16.9 Å². The van der Waals surface area contributed by atoms with Gasteiger partial charge in [0, 0.05) is 5.56 Å². The van der Waals surface area contributed by atoms with Crippen molar-refractivity contribution in [3.05, 3.63) is 95.6 Å². The summed E-state index contributed by atoms with van der Waals surface area (Å²) in [5.41, 5.74) is 2.86. The normalized spacial score (nSPS) is 12.1. The van der Waals surface area contributed by atoms with Crippen LogP contribution in [0.3, 0.4) is 0 Å². The van der Waals surface area contributed by atoms with Crippen LogP contribution in [0.25, 0.3) is 0 Å². The smallest absolute Gasteiger partial charge is 0.251 e. The zero-order valence-corrected chi connectivity index (χ0v) is 18.6. The predicted molar refractivity (Wildman–Crippen MR) is 123 cm³/mol. The Kier molecular flexibility index (Phi) is 6.97. The van der Waals surface area contributed by atoms with E-state index in [0.29, 0.717) is 11.3 Å². The van der Waals surface area contributed by atoms with Crippen molar-refractivity contribution in [1.29, 1.82) is 0 Å². The molecule has 0 spiro atoms. The van der Waals surface area contributed by atoms with Crippen LogP contribution in [0.1, 0.15) is 34.5 Å². The number of hydrogen-bond acceptors (Lipinski definition) is 4. The third-order valence-corrected chi connectivity index (χ3v) is 6.09. The number of sulfonamides is 1. The van der Waals surface area contributed by atoms with Crippen LogP contribution in [-0.2, 0) is 16.6 Å². The van der Waals surface area contributed by atoms with Gasteiger partial charge in [0.05, 0.1) is 31.6 Å². The van der Waals surface area contributed by atoms with Crippen molar-refractivity contribution >= 4 is 21.6 Å². The average molecular weight is 439 g/mol. The van der Waals surface area contributed by atoms with Crippen LogP contribution in [0.5, 0.6) is 5.75 Å². The minimum Gasteiger partial charge on any atom is -0.497 e. The molecule has 3 rings (SSSR count). The maximum Gasteiger partial charge on any atom is 0.251 e. The van der Waals surface area contributed by atoms with Crippen molar-refractivity contribution in [1.82, 2.24) is 5.32 Å². The molecule has 0 saturated carbocycles. The van der Waals surface area contributed by atoms with E-state index in [-0.39, 0.29) is 18.5 Å². The molecule has 0 aromatic heterocycles. The molecule has 3 aromatic carbocycles. The van der Waals surface area contributed by atoms with E-state index in [1.807, 2.05) is 37.3 Å². The fourth-order valence-corrected chi connectivity index (χ4v) is 4.07. The third kappa shape index (κ3) is 5.86. The lowest BCUT2D eigenvalue weighted by atomic mass is 10.1. The molecule has 1 N–H and O–H groups in total. The molecule has 162 valence electrons. The van der Waals surface area contributed by atoms with E-state index in [1.165, 1.54) is 10.6 Å². The van der Waals surface area contributed by atoms with Gasteiger partial charge < -0.3 is 10.1 Å². The summed E-state index contributed by atoms with van der Waals surface area (Å²) in [5.74, 6) is 0.564. The Balaban J connectivity index is 1.69. The van der Waals surface area contributed by atoms with Gasteiger partial charge in [-0.25, -0.2) is 8.42 Å². The first-order valence-corrected chi connectivity index (χ1v) is 11.7. The summed E-state index contributed by atoms with van der Waals surface area (Å²) in [4.78, 5) is 12.6. The van der Waals surface area contributed by atoms with Crippen LogP contribution < -0.4 is 14.4 Å². The lowest BCUT2D eigenvalue weighted by molar-refractivity contribution is 0.0940. The standard InChI is InChI=1S/C24H26N2O4S/c1-18(20-13-15-23(30-2)16-14-20)25-24(27)21-11-9-19(10-12-21)17-26(31(3,28)29)22-7-5-4-6-8-22/h4-16,18H,17H2,1-3H3,(H,25,27)/t18-/m1/s1. The Labute approximate surface area is 183 Å². The molecule has 0 aliphatic heterocycles. The fourth-order valence-electron chi connectivity index (χ4n) is 3.18. The number of anilines is 1. The van der Waals surface area contributed by atoms with Gasteiger partial charge in [0.15, 0.2) is 0 Å². The van der Waals surface area contributed by atoms with Gasteiger partial charge in [-0.05, 0) is 54.4 Å². The predicted octanol–water partition coefficient (Wildman–Crippen LogP) is 4.15. The van der Waals surface area contributed by atoms with E-state index in [1.54, 1.807) is 55.6 Å². The summed E-state index contributed by atoms with van der Waals surface area (Å²) >= 11 is 0. The van der Waals surface area contributed by atoms with Crippen molar-refractivity contribution in [2.24, 2.45) is 0 Å². The van der Waals surface area contributed by atoms with Gasteiger partial charge >= 0.3 is 0 Å². The fraction of sp³-hybridized carbons (Fsp3) is 0.208. The van der Waals surface area contributed by atoms with Crippen molar-refractivity contribution in [2.45, 2.75) is 19.5 Å². The molecule has 0 unspecified atom stereocenters. The van der Waals surface area contributed by atoms with Crippen molar-refractivity contribution in [3.8, 4) is 5.75 Å². The Bertz CT molecular complexity index is 1110. The molecular weight excluding hydrogens is 412 g/mol.